The Kier molecular flexibility index (Phi) is 5.06. The van der Waals surface area contributed by atoms with Crippen molar-refractivity contribution in [1.29, 1.82) is 0 Å². The van der Waals surface area contributed by atoms with Crippen LogP contribution in [0, 0.1) is 17.8 Å². The zero-order valence-corrected chi connectivity index (χ0v) is 12.7. The Labute approximate surface area is 127 Å². The lowest BCUT2D eigenvalue weighted by atomic mass is 9.87. The SMILES string of the molecule is CC(C(=O)N(CC1CC1)c1ccccc1)C1CNC1.Cl. The van der Waals surface area contributed by atoms with Crippen LogP contribution in [0.1, 0.15) is 19.8 Å². The van der Waals surface area contributed by atoms with E-state index >= 15 is 0 Å². The predicted octanol–water partition coefficient (Wildman–Crippen LogP) is 2.71. The monoisotopic (exact) mass is 294 g/mol. The van der Waals surface area contributed by atoms with Crippen LogP contribution in [-0.2, 0) is 4.79 Å². The second kappa shape index (κ2) is 6.59. The molecule has 3 nitrogen and oxygen atoms in total. The van der Waals surface area contributed by atoms with Crippen molar-refractivity contribution in [2.75, 3.05) is 24.5 Å². The molecule has 1 saturated heterocycles. The maximum Gasteiger partial charge on any atom is 0.230 e. The fourth-order valence-corrected chi connectivity index (χ4v) is 2.60. The second-order valence-electron chi connectivity index (χ2n) is 5.93. The highest BCUT2D eigenvalue weighted by Crippen LogP contribution is 2.32. The van der Waals surface area contributed by atoms with Crippen LogP contribution in [0.2, 0.25) is 0 Å². The lowest BCUT2D eigenvalue weighted by molar-refractivity contribution is -0.124. The van der Waals surface area contributed by atoms with Gasteiger partial charge in [-0.15, -0.1) is 12.4 Å². The molecule has 1 amide bonds. The number of halogens is 1. The van der Waals surface area contributed by atoms with Gasteiger partial charge in [-0.25, -0.2) is 0 Å². The normalized spacial score (nSPS) is 19.6. The van der Waals surface area contributed by atoms with E-state index in [2.05, 4.69) is 12.2 Å². The van der Waals surface area contributed by atoms with E-state index in [1.807, 2.05) is 35.2 Å². The standard InChI is InChI=1S/C16H22N2O.ClH/c1-12(14-9-17-10-14)16(19)18(11-13-7-8-13)15-5-3-2-4-6-15;/h2-6,12-14,17H,7-11H2,1H3;1H. The van der Waals surface area contributed by atoms with Crippen LogP contribution < -0.4 is 10.2 Å². The van der Waals surface area contributed by atoms with E-state index in [-0.39, 0.29) is 18.3 Å². The molecule has 0 spiro atoms. The third kappa shape index (κ3) is 3.33. The van der Waals surface area contributed by atoms with Gasteiger partial charge >= 0.3 is 0 Å². The Balaban J connectivity index is 0.00000147. The summed E-state index contributed by atoms with van der Waals surface area (Å²) < 4.78 is 0. The summed E-state index contributed by atoms with van der Waals surface area (Å²) >= 11 is 0. The summed E-state index contributed by atoms with van der Waals surface area (Å²) in [5.74, 6) is 1.65. The van der Waals surface area contributed by atoms with Crippen LogP contribution in [0.15, 0.2) is 30.3 Å². The Morgan fingerprint density at radius 2 is 1.95 bits per heavy atom. The number of carbonyl (C=O) groups is 1. The van der Waals surface area contributed by atoms with Crippen molar-refractivity contribution in [3.63, 3.8) is 0 Å². The molecule has 0 aromatic heterocycles. The van der Waals surface area contributed by atoms with E-state index in [9.17, 15) is 4.79 Å². The molecule has 110 valence electrons. The van der Waals surface area contributed by atoms with Crippen LogP contribution in [-0.4, -0.2) is 25.5 Å². The molecule has 0 radical (unpaired) electrons. The zero-order valence-electron chi connectivity index (χ0n) is 11.9. The number of benzene rings is 1. The summed E-state index contributed by atoms with van der Waals surface area (Å²) in [7, 11) is 0. The van der Waals surface area contributed by atoms with Gasteiger partial charge in [0.25, 0.3) is 0 Å². The molecule has 2 aliphatic rings. The first kappa shape index (κ1) is 15.3. The topological polar surface area (TPSA) is 32.3 Å². The van der Waals surface area contributed by atoms with Crippen LogP contribution in [0.5, 0.6) is 0 Å². The van der Waals surface area contributed by atoms with Gasteiger partial charge in [0.2, 0.25) is 5.91 Å². The first-order valence-electron chi connectivity index (χ1n) is 7.33. The van der Waals surface area contributed by atoms with Gasteiger partial charge in [0.05, 0.1) is 0 Å². The minimum Gasteiger partial charge on any atom is -0.316 e. The highest BCUT2D eigenvalue weighted by atomic mass is 35.5. The van der Waals surface area contributed by atoms with Gasteiger partial charge in [-0.1, -0.05) is 25.1 Å². The van der Waals surface area contributed by atoms with Crippen molar-refractivity contribution in [1.82, 2.24) is 5.32 Å². The maximum absolute atomic E-state index is 12.7. The highest BCUT2D eigenvalue weighted by Gasteiger charge is 2.34. The van der Waals surface area contributed by atoms with Crippen molar-refractivity contribution < 1.29 is 4.79 Å². The molecule has 1 aliphatic heterocycles. The molecule has 1 aromatic rings. The smallest absolute Gasteiger partial charge is 0.230 e. The van der Waals surface area contributed by atoms with Gasteiger partial charge in [-0.2, -0.15) is 0 Å². The zero-order chi connectivity index (χ0) is 13.2. The number of hydrogen-bond donors (Lipinski definition) is 1. The van der Waals surface area contributed by atoms with Crippen molar-refractivity contribution in [2.45, 2.75) is 19.8 Å². The first-order chi connectivity index (χ1) is 9.25. The van der Waals surface area contributed by atoms with E-state index in [0.717, 1.165) is 31.2 Å². The Morgan fingerprint density at radius 1 is 1.30 bits per heavy atom. The summed E-state index contributed by atoms with van der Waals surface area (Å²) in [5.41, 5.74) is 1.05. The Hall–Kier alpha value is -1.06. The molecule has 1 saturated carbocycles. The quantitative estimate of drug-likeness (QED) is 0.905. The number of para-hydroxylation sites is 1. The third-order valence-electron chi connectivity index (χ3n) is 4.38. The van der Waals surface area contributed by atoms with E-state index in [0.29, 0.717) is 11.8 Å². The number of nitrogens with one attached hydrogen (secondary N) is 1. The molecule has 1 aliphatic carbocycles. The van der Waals surface area contributed by atoms with E-state index in [1.165, 1.54) is 12.8 Å². The summed E-state index contributed by atoms with van der Waals surface area (Å²) in [5, 5.41) is 3.26. The molecule has 2 fully saturated rings. The summed E-state index contributed by atoms with van der Waals surface area (Å²) in [6.07, 6.45) is 2.55. The molecule has 1 heterocycles. The van der Waals surface area contributed by atoms with Crippen LogP contribution >= 0.6 is 12.4 Å². The number of rotatable bonds is 5. The second-order valence-corrected chi connectivity index (χ2v) is 5.93. The third-order valence-corrected chi connectivity index (χ3v) is 4.38. The molecule has 1 aromatic carbocycles. The molecule has 1 unspecified atom stereocenters. The summed E-state index contributed by atoms with van der Waals surface area (Å²) in [6, 6.07) is 10.1. The largest absolute Gasteiger partial charge is 0.316 e. The molecule has 1 atom stereocenters. The lowest BCUT2D eigenvalue weighted by Crippen LogP contribution is -2.50. The minimum atomic E-state index is 0. The summed E-state index contributed by atoms with van der Waals surface area (Å²) in [4.78, 5) is 14.8. The Morgan fingerprint density at radius 3 is 2.45 bits per heavy atom. The predicted molar refractivity (Wildman–Crippen MR) is 84.3 cm³/mol. The van der Waals surface area contributed by atoms with Gasteiger partial charge in [0.1, 0.15) is 0 Å². The van der Waals surface area contributed by atoms with E-state index in [1.54, 1.807) is 0 Å². The summed E-state index contributed by atoms with van der Waals surface area (Å²) in [6.45, 7) is 4.95. The fraction of sp³-hybridized carbons (Fsp3) is 0.562. The molecule has 3 rings (SSSR count). The van der Waals surface area contributed by atoms with E-state index in [4.69, 9.17) is 0 Å². The van der Waals surface area contributed by atoms with Crippen molar-refractivity contribution in [3.8, 4) is 0 Å². The van der Waals surface area contributed by atoms with Crippen molar-refractivity contribution in [2.24, 2.45) is 17.8 Å². The van der Waals surface area contributed by atoms with Crippen LogP contribution in [0.25, 0.3) is 0 Å². The number of amides is 1. The molecule has 4 heteroatoms. The molecule has 20 heavy (non-hydrogen) atoms. The molecule has 1 N–H and O–H groups in total. The van der Waals surface area contributed by atoms with Gasteiger partial charge < -0.3 is 10.2 Å². The number of carbonyl (C=O) groups excluding carboxylic acids is 1. The van der Waals surface area contributed by atoms with Crippen LogP contribution in [0.4, 0.5) is 5.69 Å². The van der Waals surface area contributed by atoms with Gasteiger partial charge in [-0.3, -0.25) is 4.79 Å². The molecular weight excluding hydrogens is 272 g/mol. The van der Waals surface area contributed by atoms with E-state index < -0.39 is 0 Å². The number of anilines is 1. The minimum absolute atomic E-state index is 0. The van der Waals surface area contributed by atoms with Crippen LogP contribution in [0.3, 0.4) is 0 Å². The van der Waals surface area contributed by atoms with Gasteiger partial charge in [0.15, 0.2) is 0 Å². The first-order valence-corrected chi connectivity index (χ1v) is 7.33. The average molecular weight is 295 g/mol. The molecular formula is C16H23ClN2O. The average Bonchev–Trinajstić information content (AvgIpc) is 3.18. The number of nitrogens with zero attached hydrogens (tertiary/aromatic N) is 1. The number of hydrogen-bond acceptors (Lipinski definition) is 2. The van der Waals surface area contributed by atoms with Gasteiger partial charge in [0, 0.05) is 18.2 Å². The molecule has 0 bridgehead atoms. The fourth-order valence-electron chi connectivity index (χ4n) is 2.60. The lowest BCUT2D eigenvalue weighted by Gasteiger charge is -2.35. The highest BCUT2D eigenvalue weighted by molar-refractivity contribution is 5.95. The maximum atomic E-state index is 12.7. The van der Waals surface area contributed by atoms with Gasteiger partial charge in [-0.05, 0) is 49.9 Å². The Bertz CT molecular complexity index is 443. The van der Waals surface area contributed by atoms with Crippen molar-refractivity contribution >= 4 is 24.0 Å². The van der Waals surface area contributed by atoms with Crippen molar-refractivity contribution in [3.05, 3.63) is 30.3 Å².